The Labute approximate surface area is 147 Å². The van der Waals surface area contributed by atoms with Crippen LogP contribution < -0.4 is 10.2 Å². The minimum atomic E-state index is -0.934. The largest absolute Gasteiger partial charge is 0.465 e. The van der Waals surface area contributed by atoms with Crippen LogP contribution in [0.5, 0.6) is 0 Å². The number of nitrogens with zero attached hydrogens (tertiary/aromatic N) is 3. The highest BCUT2D eigenvalue weighted by atomic mass is 16.6. The van der Waals surface area contributed by atoms with Crippen LogP contribution in [0.3, 0.4) is 0 Å². The van der Waals surface area contributed by atoms with Crippen LogP contribution in [0.1, 0.15) is 33.6 Å². The van der Waals surface area contributed by atoms with E-state index in [0.717, 1.165) is 25.1 Å². The third kappa shape index (κ3) is 4.12. The van der Waals surface area contributed by atoms with Crippen molar-refractivity contribution in [3.63, 3.8) is 0 Å². The molecule has 1 aliphatic rings. The highest BCUT2D eigenvalue weighted by Crippen LogP contribution is 2.32. The number of nitro benzene ring substituents is 1. The minimum absolute atomic E-state index is 0.0213. The topological polar surface area (TPSA) is 99.0 Å². The fraction of sp³-hybridized carbons (Fsp3) is 0.588. The average molecular weight is 350 g/mol. The summed E-state index contributed by atoms with van der Waals surface area (Å²) in [5, 5.41) is 23.7. The number of piperidine rings is 1. The average Bonchev–Trinajstić information content (AvgIpc) is 2.52. The Morgan fingerprint density at radius 2 is 2.12 bits per heavy atom. The minimum Gasteiger partial charge on any atom is -0.465 e. The molecular formula is C17H26N4O4. The molecule has 2 rings (SSSR count). The summed E-state index contributed by atoms with van der Waals surface area (Å²) in [5.74, 6) is 0. The van der Waals surface area contributed by atoms with Crippen molar-refractivity contribution in [2.45, 2.75) is 45.2 Å². The van der Waals surface area contributed by atoms with Crippen molar-refractivity contribution in [3.8, 4) is 0 Å². The quantitative estimate of drug-likeness (QED) is 0.638. The maximum atomic E-state index is 11.7. The zero-order valence-corrected chi connectivity index (χ0v) is 15.2. The number of carboxylic acid groups (broad SMARTS) is 1. The molecule has 1 aromatic carbocycles. The number of nitro groups is 1. The van der Waals surface area contributed by atoms with Gasteiger partial charge >= 0.3 is 6.09 Å². The third-order valence-electron chi connectivity index (χ3n) is 4.50. The molecule has 1 fully saturated rings. The number of rotatable bonds is 4. The van der Waals surface area contributed by atoms with Crippen molar-refractivity contribution >= 4 is 23.2 Å². The van der Waals surface area contributed by atoms with Crippen molar-refractivity contribution in [1.29, 1.82) is 0 Å². The second-order valence-corrected chi connectivity index (χ2v) is 7.27. The summed E-state index contributed by atoms with van der Waals surface area (Å²) in [5.41, 5.74) is 0.730. The van der Waals surface area contributed by atoms with Crippen molar-refractivity contribution in [1.82, 2.24) is 4.90 Å². The maximum Gasteiger partial charge on any atom is 0.408 e. The second kappa shape index (κ2) is 7.16. The molecule has 1 aromatic rings. The van der Waals surface area contributed by atoms with E-state index in [-0.39, 0.29) is 11.7 Å². The first kappa shape index (κ1) is 18.8. The van der Waals surface area contributed by atoms with Crippen molar-refractivity contribution in [2.24, 2.45) is 0 Å². The zero-order valence-electron chi connectivity index (χ0n) is 15.2. The van der Waals surface area contributed by atoms with Gasteiger partial charge in [-0.1, -0.05) is 0 Å². The summed E-state index contributed by atoms with van der Waals surface area (Å²) in [7, 11) is 1.65. The second-order valence-electron chi connectivity index (χ2n) is 7.27. The number of anilines is 2. The van der Waals surface area contributed by atoms with E-state index in [2.05, 4.69) is 5.32 Å². The van der Waals surface area contributed by atoms with Crippen LogP contribution >= 0.6 is 0 Å². The Balaban J connectivity index is 2.28. The van der Waals surface area contributed by atoms with E-state index in [0.29, 0.717) is 12.2 Å². The van der Waals surface area contributed by atoms with Gasteiger partial charge in [0, 0.05) is 37.4 Å². The highest BCUT2D eigenvalue weighted by molar-refractivity contribution is 5.69. The molecular weight excluding hydrogens is 324 g/mol. The van der Waals surface area contributed by atoms with Crippen molar-refractivity contribution in [3.05, 3.63) is 28.3 Å². The van der Waals surface area contributed by atoms with Gasteiger partial charge in [-0.15, -0.1) is 0 Å². The Hall–Kier alpha value is -2.51. The van der Waals surface area contributed by atoms with E-state index in [4.69, 9.17) is 0 Å². The molecule has 0 radical (unpaired) electrons. The monoisotopic (exact) mass is 350 g/mol. The van der Waals surface area contributed by atoms with E-state index in [1.165, 1.54) is 4.90 Å². The maximum absolute atomic E-state index is 11.7. The van der Waals surface area contributed by atoms with Gasteiger partial charge < -0.3 is 15.3 Å². The summed E-state index contributed by atoms with van der Waals surface area (Å²) in [6.45, 7) is 6.93. The summed E-state index contributed by atoms with van der Waals surface area (Å²) < 4.78 is 0. The van der Waals surface area contributed by atoms with E-state index in [9.17, 15) is 20.0 Å². The van der Waals surface area contributed by atoms with E-state index < -0.39 is 16.6 Å². The van der Waals surface area contributed by atoms with Crippen LogP contribution in [0, 0.1) is 10.1 Å². The fourth-order valence-corrected chi connectivity index (χ4v) is 3.47. The number of benzene rings is 1. The Bertz CT molecular complexity index is 657. The smallest absolute Gasteiger partial charge is 0.408 e. The molecule has 8 nitrogen and oxygen atoms in total. The SMILES string of the molecule is CNc1ccc(N2CCCC(N(C(=O)O)C(C)(C)C)C2)cc1[N+](=O)[O-]. The fourth-order valence-electron chi connectivity index (χ4n) is 3.47. The standard InChI is InChI=1S/C17H26N4O4/c1-17(2,3)20(16(22)23)13-6-5-9-19(11-13)12-7-8-14(18-4)15(10-12)21(24)25/h7-8,10,13,18H,5-6,9,11H2,1-4H3,(H,22,23). The molecule has 2 N–H and O–H groups in total. The number of carbonyl (C=O) groups is 1. The number of hydrogen-bond acceptors (Lipinski definition) is 5. The van der Waals surface area contributed by atoms with Gasteiger partial charge in [0.2, 0.25) is 0 Å². The first-order chi connectivity index (χ1) is 11.6. The van der Waals surface area contributed by atoms with Gasteiger partial charge in [0.1, 0.15) is 5.69 Å². The molecule has 8 heteroatoms. The molecule has 1 amide bonds. The third-order valence-corrected chi connectivity index (χ3v) is 4.50. The summed E-state index contributed by atoms with van der Waals surface area (Å²) >= 11 is 0. The van der Waals surface area contributed by atoms with Gasteiger partial charge in [-0.05, 0) is 45.7 Å². The van der Waals surface area contributed by atoms with Gasteiger partial charge in [0.05, 0.1) is 11.0 Å². The van der Waals surface area contributed by atoms with Crippen LogP contribution in [0.4, 0.5) is 21.9 Å². The van der Waals surface area contributed by atoms with Crippen molar-refractivity contribution in [2.75, 3.05) is 30.4 Å². The van der Waals surface area contributed by atoms with Gasteiger partial charge in [0.15, 0.2) is 0 Å². The number of hydrogen-bond donors (Lipinski definition) is 2. The normalized spacial score (nSPS) is 17.9. The molecule has 1 saturated heterocycles. The molecule has 1 atom stereocenters. The first-order valence-electron chi connectivity index (χ1n) is 8.38. The molecule has 0 aliphatic carbocycles. The summed E-state index contributed by atoms with van der Waals surface area (Å²) in [4.78, 5) is 26.1. The van der Waals surface area contributed by atoms with Crippen LogP contribution in [-0.4, -0.2) is 52.7 Å². The van der Waals surface area contributed by atoms with Crippen LogP contribution in [-0.2, 0) is 0 Å². The predicted molar refractivity (Wildman–Crippen MR) is 97.5 cm³/mol. The van der Waals surface area contributed by atoms with E-state index in [1.54, 1.807) is 19.2 Å². The van der Waals surface area contributed by atoms with Crippen LogP contribution in [0.25, 0.3) is 0 Å². The van der Waals surface area contributed by atoms with Gasteiger partial charge in [-0.3, -0.25) is 15.0 Å². The first-order valence-corrected chi connectivity index (χ1v) is 8.38. The lowest BCUT2D eigenvalue weighted by Crippen LogP contribution is -2.56. The predicted octanol–water partition coefficient (Wildman–Crippen LogP) is 3.38. The number of amides is 1. The summed E-state index contributed by atoms with van der Waals surface area (Å²) in [6.07, 6.45) is 0.693. The lowest BCUT2D eigenvalue weighted by Gasteiger charge is -2.44. The molecule has 138 valence electrons. The summed E-state index contributed by atoms with van der Waals surface area (Å²) in [6, 6.07) is 4.93. The lowest BCUT2D eigenvalue weighted by atomic mass is 9.97. The molecule has 25 heavy (non-hydrogen) atoms. The Morgan fingerprint density at radius 1 is 1.44 bits per heavy atom. The van der Waals surface area contributed by atoms with Crippen LogP contribution in [0.2, 0.25) is 0 Å². The van der Waals surface area contributed by atoms with Crippen molar-refractivity contribution < 1.29 is 14.8 Å². The molecule has 1 heterocycles. The Kier molecular flexibility index (Phi) is 5.39. The van der Waals surface area contributed by atoms with E-state index in [1.807, 2.05) is 31.7 Å². The van der Waals surface area contributed by atoms with E-state index >= 15 is 0 Å². The van der Waals surface area contributed by atoms with Gasteiger partial charge in [-0.25, -0.2) is 4.79 Å². The molecule has 0 spiro atoms. The molecule has 1 unspecified atom stereocenters. The van der Waals surface area contributed by atoms with Gasteiger partial charge in [-0.2, -0.15) is 0 Å². The van der Waals surface area contributed by atoms with Gasteiger partial charge in [0.25, 0.3) is 5.69 Å². The Morgan fingerprint density at radius 3 is 2.64 bits per heavy atom. The molecule has 0 aromatic heterocycles. The number of nitrogens with one attached hydrogen (secondary N) is 1. The highest BCUT2D eigenvalue weighted by Gasteiger charge is 2.36. The zero-order chi connectivity index (χ0) is 18.8. The molecule has 1 aliphatic heterocycles. The molecule has 0 saturated carbocycles. The van der Waals surface area contributed by atoms with Crippen LogP contribution in [0.15, 0.2) is 18.2 Å². The lowest BCUT2D eigenvalue weighted by molar-refractivity contribution is -0.383. The molecule has 0 bridgehead atoms.